The van der Waals surface area contributed by atoms with Gasteiger partial charge >= 0.3 is 0 Å². The quantitative estimate of drug-likeness (QED) is 0.733. The van der Waals surface area contributed by atoms with Crippen LogP contribution in [0.1, 0.15) is 47.4 Å². The number of nitrogens with zero attached hydrogens (tertiary/aromatic N) is 1. The Labute approximate surface area is 171 Å². The number of para-hydroxylation sites is 1. The molecule has 1 aliphatic heterocycles. The first-order chi connectivity index (χ1) is 14.1. The van der Waals surface area contributed by atoms with E-state index in [0.29, 0.717) is 42.3 Å². The van der Waals surface area contributed by atoms with E-state index in [0.717, 1.165) is 19.4 Å². The number of carbonyl (C=O) groups is 2. The molecule has 0 bridgehead atoms. The topological polar surface area (TPSA) is 67.9 Å². The van der Waals surface area contributed by atoms with Crippen molar-refractivity contribution < 1.29 is 19.1 Å². The van der Waals surface area contributed by atoms with Crippen LogP contribution in [0.5, 0.6) is 5.75 Å². The van der Waals surface area contributed by atoms with Crippen LogP contribution in [0.3, 0.4) is 0 Å². The molecule has 0 aliphatic carbocycles. The van der Waals surface area contributed by atoms with Gasteiger partial charge in [0.05, 0.1) is 11.7 Å². The molecular formula is C23H28N2O4. The van der Waals surface area contributed by atoms with E-state index >= 15 is 0 Å². The van der Waals surface area contributed by atoms with Gasteiger partial charge in [0.25, 0.3) is 11.8 Å². The van der Waals surface area contributed by atoms with Crippen molar-refractivity contribution in [1.82, 2.24) is 4.90 Å². The minimum atomic E-state index is -0.254. The van der Waals surface area contributed by atoms with Crippen LogP contribution >= 0.6 is 0 Å². The van der Waals surface area contributed by atoms with Gasteiger partial charge in [-0.25, -0.2) is 0 Å². The highest BCUT2D eigenvalue weighted by Crippen LogP contribution is 2.22. The molecule has 154 valence electrons. The molecule has 1 heterocycles. The fraction of sp³-hybridized carbons (Fsp3) is 0.391. The molecule has 0 saturated carbocycles. The zero-order valence-electron chi connectivity index (χ0n) is 17.0. The predicted octanol–water partition coefficient (Wildman–Crippen LogP) is 3.98. The maximum absolute atomic E-state index is 12.8. The SMILES string of the molecule is CCN(CC)C(=O)c1ccc(NC(=O)c2ccccc2OCC2CCCO2)cc1. The van der Waals surface area contributed by atoms with E-state index in [1.165, 1.54) is 0 Å². The summed E-state index contributed by atoms with van der Waals surface area (Å²) in [5.41, 5.74) is 1.70. The lowest BCUT2D eigenvalue weighted by molar-refractivity contribution is 0.0673. The second-order valence-corrected chi connectivity index (χ2v) is 6.95. The number of benzene rings is 2. The molecule has 0 radical (unpaired) electrons. The van der Waals surface area contributed by atoms with Crippen molar-refractivity contribution >= 4 is 17.5 Å². The second kappa shape index (κ2) is 10.1. The summed E-state index contributed by atoms with van der Waals surface area (Å²) in [5, 5.41) is 2.87. The van der Waals surface area contributed by atoms with Gasteiger partial charge in [-0.2, -0.15) is 0 Å². The minimum absolute atomic E-state index is 0.0132. The molecule has 0 spiro atoms. The highest BCUT2D eigenvalue weighted by Gasteiger charge is 2.19. The third kappa shape index (κ3) is 5.35. The molecule has 2 aromatic rings. The first-order valence-corrected chi connectivity index (χ1v) is 10.2. The summed E-state index contributed by atoms with van der Waals surface area (Å²) in [6.45, 7) is 6.44. The second-order valence-electron chi connectivity index (χ2n) is 6.95. The Kier molecular flexibility index (Phi) is 7.25. The summed E-state index contributed by atoms with van der Waals surface area (Å²) < 4.78 is 11.4. The van der Waals surface area contributed by atoms with E-state index in [4.69, 9.17) is 9.47 Å². The first kappa shape index (κ1) is 20.9. The first-order valence-electron chi connectivity index (χ1n) is 10.2. The lowest BCUT2D eigenvalue weighted by atomic mass is 10.1. The molecule has 29 heavy (non-hydrogen) atoms. The van der Waals surface area contributed by atoms with E-state index in [9.17, 15) is 9.59 Å². The number of anilines is 1. The summed E-state index contributed by atoms with van der Waals surface area (Å²) in [7, 11) is 0. The Morgan fingerprint density at radius 3 is 2.48 bits per heavy atom. The van der Waals surface area contributed by atoms with Crippen molar-refractivity contribution in [3.8, 4) is 5.75 Å². The Hall–Kier alpha value is -2.86. The molecule has 3 rings (SSSR count). The number of carbonyl (C=O) groups excluding carboxylic acids is 2. The van der Waals surface area contributed by atoms with Crippen LogP contribution in [0.15, 0.2) is 48.5 Å². The Bertz CT molecular complexity index is 825. The average Bonchev–Trinajstić information content (AvgIpc) is 3.27. The molecule has 1 saturated heterocycles. The predicted molar refractivity (Wildman–Crippen MR) is 113 cm³/mol. The summed E-state index contributed by atoms with van der Waals surface area (Å²) in [4.78, 5) is 26.9. The smallest absolute Gasteiger partial charge is 0.259 e. The molecule has 0 aromatic heterocycles. The number of ether oxygens (including phenoxy) is 2. The van der Waals surface area contributed by atoms with Crippen LogP contribution < -0.4 is 10.1 Å². The van der Waals surface area contributed by atoms with Gasteiger partial charge in [0.15, 0.2) is 0 Å². The van der Waals surface area contributed by atoms with Crippen molar-refractivity contribution in [2.75, 3.05) is 31.6 Å². The lowest BCUT2D eigenvalue weighted by Crippen LogP contribution is -2.30. The summed E-state index contributed by atoms with van der Waals surface area (Å²) in [6, 6.07) is 14.1. The van der Waals surface area contributed by atoms with Gasteiger partial charge in [-0.05, 0) is 63.1 Å². The zero-order valence-corrected chi connectivity index (χ0v) is 17.0. The molecule has 1 aliphatic rings. The van der Waals surface area contributed by atoms with Crippen LogP contribution in [-0.4, -0.2) is 49.1 Å². The number of hydrogen-bond acceptors (Lipinski definition) is 4. The summed E-state index contributed by atoms with van der Waals surface area (Å²) in [5.74, 6) is 0.269. The summed E-state index contributed by atoms with van der Waals surface area (Å²) in [6.07, 6.45) is 2.11. The fourth-order valence-corrected chi connectivity index (χ4v) is 3.33. The number of hydrogen-bond donors (Lipinski definition) is 1. The molecule has 2 aromatic carbocycles. The zero-order chi connectivity index (χ0) is 20.6. The van der Waals surface area contributed by atoms with E-state index in [-0.39, 0.29) is 17.9 Å². The Morgan fingerprint density at radius 1 is 1.10 bits per heavy atom. The molecule has 1 unspecified atom stereocenters. The number of nitrogens with one attached hydrogen (secondary N) is 1. The number of amides is 2. The van der Waals surface area contributed by atoms with Crippen molar-refractivity contribution in [2.45, 2.75) is 32.8 Å². The lowest BCUT2D eigenvalue weighted by Gasteiger charge is -2.18. The molecule has 1 atom stereocenters. The van der Waals surface area contributed by atoms with Gasteiger partial charge in [-0.15, -0.1) is 0 Å². The standard InChI is InChI=1S/C23H28N2O4/c1-3-25(4-2)23(27)17-11-13-18(14-12-17)24-22(26)20-9-5-6-10-21(20)29-16-19-8-7-15-28-19/h5-6,9-14,19H,3-4,7-8,15-16H2,1-2H3,(H,24,26). The highest BCUT2D eigenvalue weighted by molar-refractivity contribution is 6.06. The van der Waals surface area contributed by atoms with Crippen LogP contribution in [-0.2, 0) is 4.74 Å². The maximum Gasteiger partial charge on any atom is 0.259 e. The van der Waals surface area contributed by atoms with E-state index < -0.39 is 0 Å². The van der Waals surface area contributed by atoms with Crippen molar-refractivity contribution in [3.63, 3.8) is 0 Å². The van der Waals surface area contributed by atoms with Gasteiger partial charge in [-0.3, -0.25) is 9.59 Å². The van der Waals surface area contributed by atoms with Crippen LogP contribution in [0, 0.1) is 0 Å². The monoisotopic (exact) mass is 396 g/mol. The van der Waals surface area contributed by atoms with Gasteiger partial charge in [0.2, 0.25) is 0 Å². The normalized spacial score (nSPS) is 15.7. The average molecular weight is 396 g/mol. The van der Waals surface area contributed by atoms with E-state index in [1.54, 1.807) is 47.4 Å². The summed E-state index contributed by atoms with van der Waals surface area (Å²) >= 11 is 0. The number of rotatable bonds is 8. The minimum Gasteiger partial charge on any atom is -0.490 e. The molecular weight excluding hydrogens is 368 g/mol. The van der Waals surface area contributed by atoms with Gasteiger partial charge in [0, 0.05) is 30.9 Å². The van der Waals surface area contributed by atoms with Crippen molar-refractivity contribution in [3.05, 3.63) is 59.7 Å². The molecule has 1 fully saturated rings. The Morgan fingerprint density at radius 2 is 1.83 bits per heavy atom. The highest BCUT2D eigenvalue weighted by atomic mass is 16.5. The Balaban J connectivity index is 1.65. The van der Waals surface area contributed by atoms with Crippen LogP contribution in [0.25, 0.3) is 0 Å². The van der Waals surface area contributed by atoms with Crippen LogP contribution in [0.4, 0.5) is 5.69 Å². The molecule has 6 heteroatoms. The molecule has 6 nitrogen and oxygen atoms in total. The molecule has 1 N–H and O–H groups in total. The van der Waals surface area contributed by atoms with Gasteiger partial charge in [0.1, 0.15) is 12.4 Å². The molecule has 2 amide bonds. The third-order valence-electron chi connectivity index (χ3n) is 5.02. The maximum atomic E-state index is 12.8. The van der Waals surface area contributed by atoms with E-state index in [1.807, 2.05) is 19.9 Å². The van der Waals surface area contributed by atoms with Crippen LogP contribution in [0.2, 0.25) is 0 Å². The van der Waals surface area contributed by atoms with Crippen molar-refractivity contribution in [1.29, 1.82) is 0 Å². The van der Waals surface area contributed by atoms with E-state index in [2.05, 4.69) is 5.32 Å². The van der Waals surface area contributed by atoms with Crippen molar-refractivity contribution in [2.24, 2.45) is 0 Å². The van der Waals surface area contributed by atoms with Gasteiger partial charge < -0.3 is 19.7 Å². The fourth-order valence-electron chi connectivity index (χ4n) is 3.33. The largest absolute Gasteiger partial charge is 0.490 e. The third-order valence-corrected chi connectivity index (χ3v) is 5.02. The van der Waals surface area contributed by atoms with Gasteiger partial charge in [-0.1, -0.05) is 12.1 Å².